The van der Waals surface area contributed by atoms with E-state index in [0.717, 1.165) is 32.6 Å². The number of para-hydroxylation sites is 1. The number of anilines is 1. The molecule has 1 aromatic carbocycles. The van der Waals surface area contributed by atoms with Crippen LogP contribution in [0.2, 0.25) is 0 Å². The first-order valence-corrected chi connectivity index (χ1v) is 9.60. The number of carbonyl (C=O) groups is 1. The molecule has 0 bridgehead atoms. The van der Waals surface area contributed by atoms with Gasteiger partial charge in [-0.15, -0.1) is 0 Å². The molecule has 0 aromatic heterocycles. The Balaban J connectivity index is 1.49. The summed E-state index contributed by atoms with van der Waals surface area (Å²) in [7, 11) is 0. The highest BCUT2D eigenvalue weighted by Gasteiger charge is 2.31. The van der Waals surface area contributed by atoms with Crippen LogP contribution in [0.15, 0.2) is 30.3 Å². The van der Waals surface area contributed by atoms with Gasteiger partial charge in [0.05, 0.1) is 26.2 Å². The van der Waals surface area contributed by atoms with Crippen molar-refractivity contribution in [2.45, 2.75) is 51.6 Å². The lowest BCUT2D eigenvalue weighted by molar-refractivity contribution is -0.914. The summed E-state index contributed by atoms with van der Waals surface area (Å²) in [6.07, 6.45) is 4.97. The van der Waals surface area contributed by atoms with E-state index in [2.05, 4.69) is 54.4 Å². The van der Waals surface area contributed by atoms with E-state index in [0.29, 0.717) is 12.0 Å². The van der Waals surface area contributed by atoms with E-state index in [4.69, 9.17) is 0 Å². The molecule has 4 nitrogen and oxygen atoms in total. The molecule has 132 valence electrons. The minimum absolute atomic E-state index is 0.0528. The second-order valence-electron chi connectivity index (χ2n) is 7.58. The van der Waals surface area contributed by atoms with Gasteiger partial charge in [0.15, 0.2) is 6.04 Å². The number of amides is 1. The van der Waals surface area contributed by atoms with Gasteiger partial charge in [0.25, 0.3) is 5.91 Å². The van der Waals surface area contributed by atoms with Gasteiger partial charge in [0.1, 0.15) is 0 Å². The third-order valence-corrected chi connectivity index (χ3v) is 5.97. The van der Waals surface area contributed by atoms with Crippen LogP contribution < -0.4 is 15.1 Å². The second-order valence-corrected chi connectivity index (χ2v) is 7.58. The maximum atomic E-state index is 12.7. The van der Waals surface area contributed by atoms with Crippen LogP contribution in [-0.2, 0) is 4.79 Å². The molecule has 0 radical (unpaired) electrons. The van der Waals surface area contributed by atoms with E-state index in [-0.39, 0.29) is 11.9 Å². The predicted molar refractivity (Wildman–Crippen MR) is 98.4 cm³/mol. The number of benzene rings is 1. The first-order chi connectivity index (χ1) is 11.6. The van der Waals surface area contributed by atoms with Gasteiger partial charge in [-0.1, -0.05) is 38.0 Å². The van der Waals surface area contributed by atoms with E-state index < -0.39 is 0 Å². The van der Waals surface area contributed by atoms with Gasteiger partial charge in [-0.25, -0.2) is 0 Å². The average Bonchev–Trinajstić information content (AvgIpc) is 2.64. The normalized spacial score (nSPS) is 26.8. The Bertz CT molecular complexity index is 525. The molecule has 1 saturated heterocycles. The second kappa shape index (κ2) is 8.02. The molecular formula is C20H32N3O+. The first-order valence-electron chi connectivity index (χ1n) is 9.60. The molecule has 24 heavy (non-hydrogen) atoms. The van der Waals surface area contributed by atoms with Crippen molar-refractivity contribution in [1.82, 2.24) is 5.32 Å². The van der Waals surface area contributed by atoms with Crippen LogP contribution in [-0.4, -0.2) is 44.2 Å². The minimum Gasteiger partial charge on any atom is -0.360 e. The van der Waals surface area contributed by atoms with Crippen LogP contribution in [0.25, 0.3) is 0 Å². The number of rotatable bonds is 4. The van der Waals surface area contributed by atoms with E-state index in [1.165, 1.54) is 29.8 Å². The van der Waals surface area contributed by atoms with Gasteiger partial charge >= 0.3 is 0 Å². The highest BCUT2D eigenvalue weighted by Crippen LogP contribution is 2.23. The molecule has 1 aliphatic carbocycles. The third-order valence-electron chi connectivity index (χ3n) is 5.97. The molecule has 2 fully saturated rings. The molecule has 2 N–H and O–H groups in total. The van der Waals surface area contributed by atoms with Gasteiger partial charge < -0.3 is 15.1 Å². The number of carbonyl (C=O) groups excluding carboxylic acids is 1. The van der Waals surface area contributed by atoms with Crippen LogP contribution in [0.3, 0.4) is 0 Å². The lowest BCUT2D eigenvalue weighted by Crippen LogP contribution is -3.19. The molecule has 4 heteroatoms. The lowest BCUT2D eigenvalue weighted by Gasteiger charge is -2.37. The molecule has 1 aliphatic heterocycles. The van der Waals surface area contributed by atoms with Crippen LogP contribution in [0, 0.1) is 5.92 Å². The van der Waals surface area contributed by atoms with Crippen molar-refractivity contribution in [3.8, 4) is 0 Å². The maximum absolute atomic E-state index is 12.7. The smallest absolute Gasteiger partial charge is 0.278 e. The molecule has 3 rings (SSSR count). The van der Waals surface area contributed by atoms with Gasteiger partial charge in [-0.2, -0.15) is 0 Å². The summed E-state index contributed by atoms with van der Waals surface area (Å²) in [4.78, 5) is 16.5. The van der Waals surface area contributed by atoms with Crippen LogP contribution >= 0.6 is 0 Å². The summed E-state index contributed by atoms with van der Waals surface area (Å²) in [6, 6.07) is 11.0. The highest BCUT2D eigenvalue weighted by atomic mass is 16.2. The molecule has 3 atom stereocenters. The molecule has 1 heterocycles. The quantitative estimate of drug-likeness (QED) is 0.877. The number of hydrogen-bond acceptors (Lipinski definition) is 2. The van der Waals surface area contributed by atoms with Crippen molar-refractivity contribution in [1.29, 1.82) is 0 Å². The number of hydrogen-bond donors (Lipinski definition) is 2. The average molecular weight is 330 g/mol. The van der Waals surface area contributed by atoms with Gasteiger partial charge in [-0.3, -0.25) is 4.79 Å². The van der Waals surface area contributed by atoms with Crippen LogP contribution in [0.4, 0.5) is 5.69 Å². The zero-order valence-electron chi connectivity index (χ0n) is 15.1. The van der Waals surface area contributed by atoms with Crippen molar-refractivity contribution < 1.29 is 9.69 Å². The summed E-state index contributed by atoms with van der Waals surface area (Å²) in [5.41, 5.74) is 1.30. The van der Waals surface area contributed by atoms with Crippen molar-refractivity contribution in [2.24, 2.45) is 5.92 Å². The maximum Gasteiger partial charge on any atom is 0.278 e. The van der Waals surface area contributed by atoms with Crippen molar-refractivity contribution in [2.75, 3.05) is 31.1 Å². The Morgan fingerprint density at radius 3 is 2.50 bits per heavy atom. The summed E-state index contributed by atoms with van der Waals surface area (Å²) >= 11 is 0. The summed E-state index contributed by atoms with van der Waals surface area (Å²) in [6.45, 7) is 8.48. The fourth-order valence-electron chi connectivity index (χ4n) is 4.15. The number of piperazine rings is 1. The number of nitrogens with zero attached hydrogens (tertiary/aromatic N) is 1. The molecule has 1 aromatic rings. The highest BCUT2D eigenvalue weighted by molar-refractivity contribution is 5.80. The van der Waals surface area contributed by atoms with E-state index in [1.807, 2.05) is 0 Å². The Labute approximate surface area is 146 Å². The standard InChI is InChI=1S/C20H31N3O/c1-16-8-6-7-11-19(16)21-20(24)17(2)22-12-14-23(15-13-22)18-9-4-3-5-10-18/h3-5,9-10,16-17,19H,6-8,11-15H2,1-2H3,(H,21,24)/p+1/t16-,17+,19+/m0/s1. The zero-order valence-corrected chi connectivity index (χ0v) is 15.1. The number of nitrogens with one attached hydrogen (secondary N) is 2. The Kier molecular flexibility index (Phi) is 5.77. The van der Waals surface area contributed by atoms with Crippen molar-refractivity contribution in [3.63, 3.8) is 0 Å². The van der Waals surface area contributed by atoms with Gasteiger partial charge in [-0.05, 0) is 37.8 Å². The largest absolute Gasteiger partial charge is 0.360 e. The Morgan fingerprint density at radius 1 is 1.17 bits per heavy atom. The van der Waals surface area contributed by atoms with Crippen molar-refractivity contribution in [3.05, 3.63) is 30.3 Å². The Morgan fingerprint density at radius 2 is 1.83 bits per heavy atom. The summed E-state index contributed by atoms with van der Waals surface area (Å²) in [5.74, 6) is 0.872. The van der Waals surface area contributed by atoms with Crippen LogP contribution in [0.1, 0.15) is 39.5 Å². The third kappa shape index (κ3) is 4.10. The van der Waals surface area contributed by atoms with Crippen molar-refractivity contribution >= 4 is 11.6 Å². The van der Waals surface area contributed by atoms with E-state index in [9.17, 15) is 4.79 Å². The predicted octanol–water partition coefficient (Wildman–Crippen LogP) is 1.47. The SMILES string of the molecule is C[C@H](C(=O)N[C@@H]1CCCC[C@@H]1C)[NH+]1CCN(c2ccccc2)CC1. The topological polar surface area (TPSA) is 36.8 Å². The first kappa shape index (κ1) is 17.3. The lowest BCUT2D eigenvalue weighted by atomic mass is 9.86. The van der Waals surface area contributed by atoms with Crippen LogP contribution in [0.5, 0.6) is 0 Å². The summed E-state index contributed by atoms with van der Waals surface area (Å²) in [5, 5.41) is 3.34. The monoisotopic (exact) mass is 330 g/mol. The minimum atomic E-state index is 0.0528. The number of quaternary nitrogens is 1. The fourth-order valence-corrected chi connectivity index (χ4v) is 4.15. The molecule has 0 spiro atoms. The summed E-state index contributed by atoms with van der Waals surface area (Å²) < 4.78 is 0. The van der Waals surface area contributed by atoms with E-state index >= 15 is 0 Å². The van der Waals surface area contributed by atoms with E-state index in [1.54, 1.807) is 0 Å². The zero-order chi connectivity index (χ0) is 16.9. The molecular weight excluding hydrogens is 298 g/mol. The molecule has 1 amide bonds. The molecule has 0 unspecified atom stereocenters. The molecule has 1 saturated carbocycles. The fraction of sp³-hybridized carbons (Fsp3) is 0.650. The molecule has 2 aliphatic rings. The Hall–Kier alpha value is -1.55. The van der Waals surface area contributed by atoms with Gasteiger partial charge in [0.2, 0.25) is 0 Å². The van der Waals surface area contributed by atoms with Gasteiger partial charge in [0, 0.05) is 11.7 Å².